The van der Waals surface area contributed by atoms with Crippen molar-refractivity contribution < 1.29 is 14.6 Å². The minimum Gasteiger partial charge on any atom is -0.508 e. The van der Waals surface area contributed by atoms with Crippen molar-refractivity contribution in [2.24, 2.45) is 0 Å². The number of hydrogen-bond acceptors (Lipinski definition) is 3. The Hall–Kier alpha value is -2.60. The second-order valence-electron chi connectivity index (χ2n) is 4.21. The zero-order valence-corrected chi connectivity index (χ0v) is 11.5. The molecule has 1 N–H and O–H groups in total. The van der Waals surface area contributed by atoms with Gasteiger partial charge in [0, 0.05) is 17.5 Å². The minimum absolute atomic E-state index is 0.228. The van der Waals surface area contributed by atoms with Gasteiger partial charge in [0.05, 0.1) is 14.2 Å². The number of ether oxygens (including phenoxy) is 2. The summed E-state index contributed by atoms with van der Waals surface area (Å²) in [4.78, 5) is 0. The average Bonchev–Trinajstić information content (AvgIpc) is 2.49. The lowest BCUT2D eigenvalue weighted by molar-refractivity contribution is 0.411. The van der Waals surface area contributed by atoms with Crippen molar-refractivity contribution in [3.8, 4) is 29.1 Å². The molecule has 0 aliphatic rings. The molecule has 2 aromatic carbocycles. The van der Waals surface area contributed by atoms with Crippen molar-refractivity contribution >= 4 is 0 Å². The summed E-state index contributed by atoms with van der Waals surface area (Å²) in [5.74, 6) is 7.81. The van der Waals surface area contributed by atoms with E-state index < -0.39 is 0 Å². The van der Waals surface area contributed by atoms with Crippen LogP contribution in [0.25, 0.3) is 0 Å². The maximum Gasteiger partial charge on any atom is 0.120 e. The number of hydrogen-bond donors (Lipinski definition) is 1. The van der Waals surface area contributed by atoms with Crippen LogP contribution in [0.1, 0.15) is 11.1 Å². The molecule has 3 heteroatoms. The topological polar surface area (TPSA) is 38.7 Å². The third-order valence-electron chi connectivity index (χ3n) is 2.87. The van der Waals surface area contributed by atoms with Crippen LogP contribution in [0.2, 0.25) is 0 Å². The fraction of sp³-hybridized carbons (Fsp3) is 0.176. The van der Waals surface area contributed by atoms with E-state index in [9.17, 15) is 5.11 Å². The number of aromatic hydroxyl groups is 1. The van der Waals surface area contributed by atoms with Gasteiger partial charge in [0.1, 0.15) is 17.2 Å². The summed E-state index contributed by atoms with van der Waals surface area (Å²) in [7, 11) is 3.22. The second kappa shape index (κ2) is 6.53. The largest absolute Gasteiger partial charge is 0.508 e. The Balaban J connectivity index is 2.14. The lowest BCUT2D eigenvalue weighted by Gasteiger charge is -2.04. The van der Waals surface area contributed by atoms with Gasteiger partial charge in [-0.25, -0.2) is 0 Å². The molecule has 0 atom stereocenters. The average molecular weight is 268 g/mol. The third kappa shape index (κ3) is 3.46. The normalized spacial score (nSPS) is 9.50. The van der Waals surface area contributed by atoms with E-state index in [1.165, 1.54) is 0 Å². The van der Waals surface area contributed by atoms with Gasteiger partial charge in [-0.3, -0.25) is 0 Å². The Bertz CT molecular complexity index is 651. The summed E-state index contributed by atoms with van der Waals surface area (Å²) in [6.45, 7) is 0. The molecule has 2 rings (SSSR count). The highest BCUT2D eigenvalue weighted by atomic mass is 16.5. The molecule has 0 amide bonds. The summed E-state index contributed by atoms with van der Waals surface area (Å²) in [5, 5.41) is 9.77. The fourth-order valence-electron chi connectivity index (χ4n) is 1.77. The SMILES string of the molecule is COc1cccc(C#CCc2cc(OC)ccc2O)c1. The predicted molar refractivity (Wildman–Crippen MR) is 78.2 cm³/mol. The number of phenols is 1. The third-order valence-corrected chi connectivity index (χ3v) is 2.87. The summed E-state index contributed by atoms with van der Waals surface area (Å²) in [5.41, 5.74) is 1.63. The smallest absolute Gasteiger partial charge is 0.120 e. The van der Waals surface area contributed by atoms with Gasteiger partial charge in [-0.15, -0.1) is 0 Å². The van der Waals surface area contributed by atoms with Crippen LogP contribution in [0.4, 0.5) is 0 Å². The first-order valence-electron chi connectivity index (χ1n) is 6.21. The molecule has 0 fully saturated rings. The van der Waals surface area contributed by atoms with Crippen molar-refractivity contribution in [1.82, 2.24) is 0 Å². The maximum absolute atomic E-state index is 9.77. The van der Waals surface area contributed by atoms with Gasteiger partial charge in [-0.2, -0.15) is 0 Å². The summed E-state index contributed by atoms with van der Waals surface area (Å²) in [6.07, 6.45) is 0.459. The molecule has 0 unspecified atom stereocenters. The van der Waals surface area contributed by atoms with E-state index in [4.69, 9.17) is 9.47 Å². The van der Waals surface area contributed by atoms with Crippen LogP contribution in [-0.2, 0) is 6.42 Å². The Labute approximate surface area is 118 Å². The molecule has 0 aliphatic heterocycles. The van der Waals surface area contributed by atoms with Crippen LogP contribution < -0.4 is 9.47 Å². The molecular formula is C17H16O3. The molecule has 102 valence electrons. The number of benzene rings is 2. The van der Waals surface area contributed by atoms with Crippen LogP contribution in [0.3, 0.4) is 0 Å². The standard InChI is InChI=1S/C17H16O3/c1-19-15-8-4-6-13(11-15)5-3-7-14-12-16(20-2)9-10-17(14)18/h4,6,8-12,18H,7H2,1-2H3. The molecule has 0 radical (unpaired) electrons. The molecule has 0 heterocycles. The molecule has 0 spiro atoms. The maximum atomic E-state index is 9.77. The Kier molecular flexibility index (Phi) is 4.52. The van der Waals surface area contributed by atoms with Gasteiger partial charge in [0.2, 0.25) is 0 Å². The van der Waals surface area contributed by atoms with E-state index in [-0.39, 0.29) is 5.75 Å². The van der Waals surface area contributed by atoms with Gasteiger partial charge in [-0.1, -0.05) is 17.9 Å². The van der Waals surface area contributed by atoms with Crippen LogP contribution in [0.15, 0.2) is 42.5 Å². The van der Waals surface area contributed by atoms with Gasteiger partial charge in [0.15, 0.2) is 0 Å². The van der Waals surface area contributed by atoms with Crippen LogP contribution in [0.5, 0.6) is 17.2 Å². The van der Waals surface area contributed by atoms with Gasteiger partial charge in [0.25, 0.3) is 0 Å². The van der Waals surface area contributed by atoms with Crippen LogP contribution >= 0.6 is 0 Å². The summed E-state index contributed by atoms with van der Waals surface area (Å²) >= 11 is 0. The predicted octanol–water partition coefficient (Wildman–Crippen LogP) is 3.00. The van der Waals surface area contributed by atoms with E-state index in [2.05, 4.69) is 11.8 Å². The molecule has 0 saturated carbocycles. The molecule has 20 heavy (non-hydrogen) atoms. The van der Waals surface area contributed by atoms with E-state index in [0.717, 1.165) is 16.9 Å². The summed E-state index contributed by atoms with van der Waals surface area (Å²) < 4.78 is 10.3. The molecule has 0 aromatic heterocycles. The molecule has 3 nitrogen and oxygen atoms in total. The fourth-order valence-corrected chi connectivity index (χ4v) is 1.77. The second-order valence-corrected chi connectivity index (χ2v) is 4.21. The van der Waals surface area contributed by atoms with Crippen molar-refractivity contribution in [1.29, 1.82) is 0 Å². The first kappa shape index (κ1) is 13.8. The first-order valence-corrected chi connectivity index (χ1v) is 6.21. The zero-order chi connectivity index (χ0) is 14.4. The molecular weight excluding hydrogens is 252 g/mol. The molecule has 0 aliphatic carbocycles. The number of methoxy groups -OCH3 is 2. The van der Waals surface area contributed by atoms with E-state index >= 15 is 0 Å². The highest BCUT2D eigenvalue weighted by Crippen LogP contribution is 2.23. The number of phenolic OH excluding ortho intramolecular Hbond substituents is 1. The van der Waals surface area contributed by atoms with E-state index in [1.54, 1.807) is 32.4 Å². The Morgan fingerprint density at radius 3 is 2.50 bits per heavy atom. The van der Waals surface area contributed by atoms with Crippen molar-refractivity contribution in [3.05, 3.63) is 53.6 Å². The van der Waals surface area contributed by atoms with Gasteiger partial charge in [-0.05, 0) is 36.4 Å². The summed E-state index contributed by atoms with van der Waals surface area (Å²) in [6, 6.07) is 12.7. The molecule has 0 bridgehead atoms. The number of rotatable bonds is 3. The van der Waals surface area contributed by atoms with Gasteiger partial charge < -0.3 is 14.6 Å². The first-order chi connectivity index (χ1) is 9.72. The lowest BCUT2D eigenvalue weighted by atomic mass is 10.1. The molecule has 2 aromatic rings. The Morgan fingerprint density at radius 1 is 1.00 bits per heavy atom. The minimum atomic E-state index is 0.228. The van der Waals surface area contributed by atoms with Crippen molar-refractivity contribution in [2.45, 2.75) is 6.42 Å². The van der Waals surface area contributed by atoms with E-state index in [0.29, 0.717) is 12.2 Å². The highest BCUT2D eigenvalue weighted by Gasteiger charge is 2.01. The van der Waals surface area contributed by atoms with Crippen LogP contribution in [-0.4, -0.2) is 19.3 Å². The quantitative estimate of drug-likeness (QED) is 0.870. The Morgan fingerprint density at radius 2 is 1.75 bits per heavy atom. The molecule has 0 saturated heterocycles. The monoisotopic (exact) mass is 268 g/mol. The zero-order valence-electron chi connectivity index (χ0n) is 11.5. The van der Waals surface area contributed by atoms with E-state index in [1.807, 2.05) is 24.3 Å². The highest BCUT2D eigenvalue weighted by molar-refractivity contribution is 5.44. The van der Waals surface area contributed by atoms with Crippen molar-refractivity contribution in [2.75, 3.05) is 14.2 Å². The van der Waals surface area contributed by atoms with Crippen molar-refractivity contribution in [3.63, 3.8) is 0 Å². The van der Waals surface area contributed by atoms with Crippen LogP contribution in [0, 0.1) is 11.8 Å². The van der Waals surface area contributed by atoms with Gasteiger partial charge >= 0.3 is 0 Å². The lowest BCUT2D eigenvalue weighted by Crippen LogP contribution is -1.88.